The SMILES string of the molecule is Cc1ccccc1OCCN(C)C(=O)[C@@H](C)N. The molecule has 0 fully saturated rings. The third kappa shape index (κ3) is 4.07. The van der Waals surface area contributed by atoms with Crippen LogP contribution in [0, 0.1) is 6.92 Å². The van der Waals surface area contributed by atoms with Gasteiger partial charge in [0.15, 0.2) is 0 Å². The number of rotatable bonds is 5. The number of hydrogen-bond donors (Lipinski definition) is 1. The van der Waals surface area contributed by atoms with Gasteiger partial charge < -0.3 is 15.4 Å². The summed E-state index contributed by atoms with van der Waals surface area (Å²) in [7, 11) is 1.73. The van der Waals surface area contributed by atoms with E-state index in [1.807, 2.05) is 31.2 Å². The van der Waals surface area contributed by atoms with Gasteiger partial charge >= 0.3 is 0 Å². The number of hydrogen-bond acceptors (Lipinski definition) is 3. The van der Waals surface area contributed by atoms with Crippen molar-refractivity contribution in [2.45, 2.75) is 19.9 Å². The van der Waals surface area contributed by atoms with E-state index in [4.69, 9.17) is 10.5 Å². The molecule has 4 heteroatoms. The first-order chi connectivity index (χ1) is 8.02. The summed E-state index contributed by atoms with van der Waals surface area (Å²) in [6.45, 7) is 4.68. The van der Waals surface area contributed by atoms with Gasteiger partial charge in [0.05, 0.1) is 12.6 Å². The van der Waals surface area contributed by atoms with Crippen LogP contribution in [-0.4, -0.2) is 37.0 Å². The lowest BCUT2D eigenvalue weighted by molar-refractivity contribution is -0.131. The van der Waals surface area contributed by atoms with Gasteiger partial charge in [0, 0.05) is 7.05 Å². The molecule has 17 heavy (non-hydrogen) atoms. The molecule has 0 aliphatic heterocycles. The van der Waals surface area contributed by atoms with Gasteiger partial charge in [-0.2, -0.15) is 0 Å². The van der Waals surface area contributed by atoms with Gasteiger partial charge in [-0.1, -0.05) is 18.2 Å². The molecular formula is C13H20N2O2. The molecule has 0 saturated heterocycles. The van der Waals surface area contributed by atoms with Crippen molar-refractivity contribution >= 4 is 5.91 Å². The Morgan fingerprint density at radius 2 is 2.12 bits per heavy atom. The zero-order valence-corrected chi connectivity index (χ0v) is 10.6. The van der Waals surface area contributed by atoms with Crippen molar-refractivity contribution in [3.05, 3.63) is 29.8 Å². The van der Waals surface area contributed by atoms with Crippen molar-refractivity contribution in [1.29, 1.82) is 0 Å². The fraction of sp³-hybridized carbons (Fsp3) is 0.462. The highest BCUT2D eigenvalue weighted by atomic mass is 16.5. The zero-order valence-electron chi connectivity index (χ0n) is 10.6. The molecule has 1 rings (SSSR count). The number of nitrogens with two attached hydrogens (primary N) is 1. The summed E-state index contributed by atoms with van der Waals surface area (Å²) in [5, 5.41) is 0. The third-order valence-corrected chi connectivity index (χ3v) is 2.54. The molecule has 0 aliphatic carbocycles. The Morgan fingerprint density at radius 1 is 1.47 bits per heavy atom. The first-order valence-corrected chi connectivity index (χ1v) is 5.71. The monoisotopic (exact) mass is 236 g/mol. The van der Waals surface area contributed by atoms with Crippen LogP contribution in [0.3, 0.4) is 0 Å². The Hall–Kier alpha value is -1.55. The summed E-state index contributed by atoms with van der Waals surface area (Å²) in [5.41, 5.74) is 6.60. The Labute approximate surface area is 102 Å². The number of amides is 1. The second-order valence-electron chi connectivity index (χ2n) is 4.16. The molecule has 0 heterocycles. The molecule has 1 amide bonds. The summed E-state index contributed by atoms with van der Waals surface area (Å²) in [6, 6.07) is 7.35. The zero-order chi connectivity index (χ0) is 12.8. The van der Waals surface area contributed by atoms with E-state index in [-0.39, 0.29) is 5.91 Å². The smallest absolute Gasteiger partial charge is 0.239 e. The third-order valence-electron chi connectivity index (χ3n) is 2.54. The largest absolute Gasteiger partial charge is 0.491 e. The van der Waals surface area contributed by atoms with E-state index >= 15 is 0 Å². The molecule has 0 aromatic heterocycles. The van der Waals surface area contributed by atoms with Gasteiger partial charge in [0.25, 0.3) is 0 Å². The quantitative estimate of drug-likeness (QED) is 0.835. The predicted octanol–water partition coefficient (Wildman–Crippen LogP) is 1.18. The molecule has 0 bridgehead atoms. The first kappa shape index (κ1) is 13.5. The average Bonchev–Trinajstić information content (AvgIpc) is 2.30. The number of aryl methyl sites for hydroxylation is 1. The van der Waals surface area contributed by atoms with Crippen LogP contribution in [0.4, 0.5) is 0 Å². The van der Waals surface area contributed by atoms with Crippen LogP contribution in [0.5, 0.6) is 5.75 Å². The van der Waals surface area contributed by atoms with E-state index in [1.54, 1.807) is 18.9 Å². The van der Waals surface area contributed by atoms with Crippen molar-refractivity contribution in [1.82, 2.24) is 4.90 Å². The molecule has 4 nitrogen and oxygen atoms in total. The van der Waals surface area contributed by atoms with Gasteiger partial charge in [-0.05, 0) is 25.5 Å². The summed E-state index contributed by atoms with van der Waals surface area (Å²) in [4.78, 5) is 13.1. The first-order valence-electron chi connectivity index (χ1n) is 5.71. The molecule has 0 saturated carbocycles. The summed E-state index contributed by atoms with van der Waals surface area (Å²) in [6.07, 6.45) is 0. The second-order valence-corrected chi connectivity index (χ2v) is 4.16. The molecule has 1 aromatic carbocycles. The van der Waals surface area contributed by atoms with Crippen molar-refractivity contribution in [3.8, 4) is 5.75 Å². The van der Waals surface area contributed by atoms with Gasteiger partial charge in [0.1, 0.15) is 12.4 Å². The summed E-state index contributed by atoms with van der Waals surface area (Å²) < 4.78 is 5.60. The van der Waals surface area contributed by atoms with Gasteiger partial charge in [-0.25, -0.2) is 0 Å². The van der Waals surface area contributed by atoms with Gasteiger partial charge in [0.2, 0.25) is 5.91 Å². The summed E-state index contributed by atoms with van der Waals surface area (Å²) >= 11 is 0. The lowest BCUT2D eigenvalue weighted by atomic mass is 10.2. The summed E-state index contributed by atoms with van der Waals surface area (Å²) in [5.74, 6) is 0.785. The fourth-order valence-electron chi connectivity index (χ4n) is 1.47. The minimum atomic E-state index is -0.460. The molecule has 2 N–H and O–H groups in total. The van der Waals surface area contributed by atoms with Gasteiger partial charge in [-0.15, -0.1) is 0 Å². The molecule has 0 spiro atoms. The number of para-hydroxylation sites is 1. The van der Waals surface area contributed by atoms with Gasteiger partial charge in [-0.3, -0.25) is 4.79 Å². The molecule has 1 aromatic rings. The van der Waals surface area contributed by atoms with E-state index in [9.17, 15) is 4.79 Å². The number of likely N-dealkylation sites (N-methyl/N-ethyl adjacent to an activating group) is 1. The highest BCUT2D eigenvalue weighted by Crippen LogP contribution is 2.15. The Morgan fingerprint density at radius 3 is 2.71 bits per heavy atom. The van der Waals surface area contributed by atoms with E-state index in [2.05, 4.69) is 0 Å². The molecular weight excluding hydrogens is 216 g/mol. The van der Waals surface area contributed by atoms with Crippen LogP contribution in [0.15, 0.2) is 24.3 Å². The minimum absolute atomic E-state index is 0.0709. The van der Waals surface area contributed by atoms with Crippen molar-refractivity contribution in [2.75, 3.05) is 20.2 Å². The standard InChI is InChI=1S/C13H20N2O2/c1-10-6-4-5-7-12(10)17-9-8-15(3)13(16)11(2)14/h4-7,11H,8-9,14H2,1-3H3/t11-/m1/s1. The molecule has 0 aliphatic rings. The molecule has 0 unspecified atom stereocenters. The molecule has 1 atom stereocenters. The lowest BCUT2D eigenvalue weighted by Crippen LogP contribution is -2.41. The Bertz CT molecular complexity index is 377. The molecule has 94 valence electrons. The van der Waals surface area contributed by atoms with Crippen LogP contribution < -0.4 is 10.5 Å². The second kappa shape index (κ2) is 6.25. The van der Waals surface area contributed by atoms with Crippen LogP contribution in [0.1, 0.15) is 12.5 Å². The Balaban J connectivity index is 2.38. The Kier molecular flexibility index (Phi) is 4.97. The number of nitrogens with zero attached hydrogens (tertiary/aromatic N) is 1. The minimum Gasteiger partial charge on any atom is -0.491 e. The van der Waals surface area contributed by atoms with E-state index in [1.165, 1.54) is 0 Å². The van der Waals surface area contributed by atoms with Crippen LogP contribution >= 0.6 is 0 Å². The van der Waals surface area contributed by atoms with Crippen LogP contribution in [-0.2, 0) is 4.79 Å². The maximum Gasteiger partial charge on any atom is 0.239 e. The van der Waals surface area contributed by atoms with Crippen molar-refractivity contribution < 1.29 is 9.53 Å². The maximum absolute atomic E-state index is 11.5. The highest BCUT2D eigenvalue weighted by molar-refractivity contribution is 5.80. The number of benzene rings is 1. The van der Waals surface area contributed by atoms with Crippen molar-refractivity contribution in [2.24, 2.45) is 5.73 Å². The molecule has 0 radical (unpaired) electrons. The fourth-order valence-corrected chi connectivity index (χ4v) is 1.47. The highest BCUT2D eigenvalue weighted by Gasteiger charge is 2.12. The topological polar surface area (TPSA) is 55.6 Å². The number of ether oxygens (including phenoxy) is 1. The van der Waals surface area contributed by atoms with Crippen molar-refractivity contribution in [3.63, 3.8) is 0 Å². The lowest BCUT2D eigenvalue weighted by Gasteiger charge is -2.19. The number of carbonyl (C=O) groups excluding carboxylic acids is 1. The average molecular weight is 236 g/mol. The van der Waals surface area contributed by atoms with E-state index < -0.39 is 6.04 Å². The van der Waals surface area contributed by atoms with Crippen LogP contribution in [0.2, 0.25) is 0 Å². The maximum atomic E-state index is 11.5. The van der Waals surface area contributed by atoms with E-state index in [0.717, 1.165) is 11.3 Å². The van der Waals surface area contributed by atoms with E-state index in [0.29, 0.717) is 13.2 Å². The predicted molar refractivity (Wildman–Crippen MR) is 68.0 cm³/mol. The number of carbonyl (C=O) groups is 1. The normalized spacial score (nSPS) is 12.0. The van der Waals surface area contributed by atoms with Crippen LogP contribution in [0.25, 0.3) is 0 Å².